The summed E-state index contributed by atoms with van der Waals surface area (Å²) < 4.78 is 15.8. The van der Waals surface area contributed by atoms with Crippen LogP contribution < -0.4 is 14.8 Å². The molecule has 1 rings (SSSR count). The molecule has 102 valence electrons. The maximum absolute atomic E-state index is 5.29. The fourth-order valence-electron chi connectivity index (χ4n) is 1.73. The molecule has 4 heteroatoms. The molecule has 0 saturated heterocycles. The molecule has 0 heterocycles. The first kappa shape index (κ1) is 14.8. The van der Waals surface area contributed by atoms with Crippen molar-refractivity contribution in [1.29, 1.82) is 0 Å². The van der Waals surface area contributed by atoms with Gasteiger partial charge in [0.1, 0.15) is 0 Å². The second-order valence-electron chi connectivity index (χ2n) is 3.99. The highest BCUT2D eigenvalue weighted by Crippen LogP contribution is 2.29. The highest BCUT2D eigenvalue weighted by Gasteiger charge is 2.09. The standard InChI is InChI=1S/C14H23NO3/c1-5-18-9-8-15-11(2)12-6-7-13(16-3)14(10-12)17-4/h6-7,10-11,15H,5,8-9H2,1-4H3. The van der Waals surface area contributed by atoms with Crippen molar-refractivity contribution in [3.05, 3.63) is 23.8 Å². The summed E-state index contributed by atoms with van der Waals surface area (Å²) in [5.41, 5.74) is 1.17. The fourth-order valence-corrected chi connectivity index (χ4v) is 1.73. The van der Waals surface area contributed by atoms with E-state index < -0.39 is 0 Å². The predicted molar refractivity (Wildman–Crippen MR) is 72.5 cm³/mol. The number of methoxy groups -OCH3 is 2. The molecule has 1 unspecified atom stereocenters. The lowest BCUT2D eigenvalue weighted by Crippen LogP contribution is -2.23. The second kappa shape index (κ2) is 7.95. The predicted octanol–water partition coefficient (Wildman–Crippen LogP) is 2.39. The van der Waals surface area contributed by atoms with E-state index in [2.05, 4.69) is 12.2 Å². The average molecular weight is 253 g/mol. The van der Waals surface area contributed by atoms with Gasteiger partial charge in [-0.1, -0.05) is 6.07 Å². The Kier molecular flexibility index (Phi) is 6.54. The van der Waals surface area contributed by atoms with Gasteiger partial charge >= 0.3 is 0 Å². The Morgan fingerprint density at radius 3 is 2.50 bits per heavy atom. The van der Waals surface area contributed by atoms with Crippen molar-refractivity contribution in [1.82, 2.24) is 5.32 Å². The first-order valence-electron chi connectivity index (χ1n) is 6.26. The van der Waals surface area contributed by atoms with Crippen LogP contribution in [-0.4, -0.2) is 34.0 Å². The van der Waals surface area contributed by atoms with Crippen LogP contribution in [0.1, 0.15) is 25.5 Å². The van der Waals surface area contributed by atoms with Gasteiger partial charge in [-0.2, -0.15) is 0 Å². The zero-order valence-electron chi connectivity index (χ0n) is 11.7. The number of benzene rings is 1. The summed E-state index contributed by atoms with van der Waals surface area (Å²) >= 11 is 0. The molecule has 0 aliphatic rings. The number of hydrogen-bond acceptors (Lipinski definition) is 4. The summed E-state index contributed by atoms with van der Waals surface area (Å²) in [5.74, 6) is 1.51. The topological polar surface area (TPSA) is 39.7 Å². The van der Waals surface area contributed by atoms with Gasteiger partial charge in [0, 0.05) is 19.2 Å². The molecule has 0 saturated carbocycles. The Morgan fingerprint density at radius 2 is 1.89 bits per heavy atom. The lowest BCUT2D eigenvalue weighted by atomic mass is 10.1. The quantitative estimate of drug-likeness (QED) is 0.722. The Balaban J connectivity index is 2.59. The first-order valence-corrected chi connectivity index (χ1v) is 6.26. The summed E-state index contributed by atoms with van der Waals surface area (Å²) in [6.45, 7) is 6.44. The highest BCUT2D eigenvalue weighted by molar-refractivity contribution is 5.43. The van der Waals surface area contributed by atoms with Crippen LogP contribution in [0.25, 0.3) is 0 Å². The van der Waals surface area contributed by atoms with Crippen LogP contribution in [0.15, 0.2) is 18.2 Å². The molecule has 1 N–H and O–H groups in total. The Bertz CT molecular complexity index is 355. The van der Waals surface area contributed by atoms with Gasteiger partial charge in [-0.15, -0.1) is 0 Å². The van der Waals surface area contributed by atoms with E-state index in [0.717, 1.165) is 31.3 Å². The monoisotopic (exact) mass is 253 g/mol. The zero-order valence-corrected chi connectivity index (χ0v) is 11.7. The van der Waals surface area contributed by atoms with Crippen LogP contribution in [0.2, 0.25) is 0 Å². The van der Waals surface area contributed by atoms with E-state index in [-0.39, 0.29) is 6.04 Å². The SMILES string of the molecule is CCOCCNC(C)c1ccc(OC)c(OC)c1. The van der Waals surface area contributed by atoms with Crippen molar-refractivity contribution in [2.45, 2.75) is 19.9 Å². The maximum atomic E-state index is 5.29. The van der Waals surface area contributed by atoms with Gasteiger partial charge in [0.2, 0.25) is 0 Å². The number of hydrogen-bond donors (Lipinski definition) is 1. The summed E-state index contributed by atoms with van der Waals surface area (Å²) in [4.78, 5) is 0. The molecule has 0 radical (unpaired) electrons. The van der Waals surface area contributed by atoms with Crippen LogP contribution >= 0.6 is 0 Å². The van der Waals surface area contributed by atoms with Crippen LogP contribution in [-0.2, 0) is 4.74 Å². The molecule has 1 aromatic carbocycles. The van der Waals surface area contributed by atoms with E-state index in [0.29, 0.717) is 0 Å². The molecule has 4 nitrogen and oxygen atoms in total. The zero-order chi connectivity index (χ0) is 13.4. The fraction of sp³-hybridized carbons (Fsp3) is 0.571. The van der Waals surface area contributed by atoms with Gasteiger partial charge in [0.15, 0.2) is 11.5 Å². The maximum Gasteiger partial charge on any atom is 0.161 e. The summed E-state index contributed by atoms with van der Waals surface area (Å²) in [7, 11) is 3.29. The smallest absolute Gasteiger partial charge is 0.161 e. The number of nitrogens with one attached hydrogen (secondary N) is 1. The van der Waals surface area contributed by atoms with Crippen molar-refractivity contribution in [2.24, 2.45) is 0 Å². The number of ether oxygens (including phenoxy) is 3. The van der Waals surface area contributed by atoms with E-state index in [9.17, 15) is 0 Å². The third-order valence-corrected chi connectivity index (χ3v) is 2.81. The van der Waals surface area contributed by atoms with E-state index in [4.69, 9.17) is 14.2 Å². The summed E-state index contributed by atoms with van der Waals surface area (Å²) in [6.07, 6.45) is 0. The molecule has 0 spiro atoms. The van der Waals surface area contributed by atoms with Crippen molar-refractivity contribution >= 4 is 0 Å². The van der Waals surface area contributed by atoms with Crippen LogP contribution in [0.4, 0.5) is 0 Å². The molecule has 1 aromatic rings. The van der Waals surface area contributed by atoms with E-state index in [1.165, 1.54) is 5.56 Å². The minimum Gasteiger partial charge on any atom is -0.493 e. The van der Waals surface area contributed by atoms with Crippen molar-refractivity contribution in [3.63, 3.8) is 0 Å². The van der Waals surface area contributed by atoms with Crippen LogP contribution in [0, 0.1) is 0 Å². The second-order valence-corrected chi connectivity index (χ2v) is 3.99. The molecule has 0 aliphatic carbocycles. The summed E-state index contributed by atoms with van der Waals surface area (Å²) in [5, 5.41) is 3.40. The minimum atomic E-state index is 0.255. The molecule has 0 bridgehead atoms. The third kappa shape index (κ3) is 4.20. The Hall–Kier alpha value is -1.26. The first-order chi connectivity index (χ1) is 8.72. The van der Waals surface area contributed by atoms with Gasteiger partial charge < -0.3 is 19.5 Å². The van der Waals surface area contributed by atoms with E-state index in [1.807, 2.05) is 25.1 Å². The molecule has 0 fully saturated rings. The van der Waals surface area contributed by atoms with Crippen LogP contribution in [0.3, 0.4) is 0 Å². The molecule has 0 aliphatic heterocycles. The van der Waals surface area contributed by atoms with Crippen molar-refractivity contribution < 1.29 is 14.2 Å². The van der Waals surface area contributed by atoms with E-state index >= 15 is 0 Å². The molecular weight excluding hydrogens is 230 g/mol. The molecular formula is C14H23NO3. The normalized spacial score (nSPS) is 12.2. The Morgan fingerprint density at radius 1 is 1.17 bits per heavy atom. The van der Waals surface area contributed by atoms with Crippen molar-refractivity contribution in [2.75, 3.05) is 34.0 Å². The molecule has 0 aromatic heterocycles. The van der Waals surface area contributed by atoms with Crippen molar-refractivity contribution in [3.8, 4) is 11.5 Å². The Labute approximate surface area is 109 Å². The molecule has 18 heavy (non-hydrogen) atoms. The largest absolute Gasteiger partial charge is 0.493 e. The average Bonchev–Trinajstić information content (AvgIpc) is 2.42. The highest BCUT2D eigenvalue weighted by atomic mass is 16.5. The lowest BCUT2D eigenvalue weighted by Gasteiger charge is -2.16. The van der Waals surface area contributed by atoms with Gasteiger partial charge in [-0.3, -0.25) is 0 Å². The number of rotatable bonds is 8. The summed E-state index contributed by atoms with van der Waals surface area (Å²) in [6, 6.07) is 6.22. The van der Waals surface area contributed by atoms with E-state index in [1.54, 1.807) is 14.2 Å². The van der Waals surface area contributed by atoms with Gasteiger partial charge in [-0.25, -0.2) is 0 Å². The minimum absolute atomic E-state index is 0.255. The molecule has 0 amide bonds. The van der Waals surface area contributed by atoms with Gasteiger partial charge in [-0.05, 0) is 31.5 Å². The lowest BCUT2D eigenvalue weighted by molar-refractivity contribution is 0.147. The third-order valence-electron chi connectivity index (χ3n) is 2.81. The molecule has 1 atom stereocenters. The van der Waals surface area contributed by atoms with Gasteiger partial charge in [0.05, 0.1) is 20.8 Å². The van der Waals surface area contributed by atoms with Crippen LogP contribution in [0.5, 0.6) is 11.5 Å². The van der Waals surface area contributed by atoms with Gasteiger partial charge in [0.25, 0.3) is 0 Å².